The third kappa shape index (κ3) is 6.26. The molecule has 18 heavy (non-hydrogen) atoms. The average molecular weight is 249 g/mol. The fourth-order valence-corrected chi connectivity index (χ4v) is 0.818. The van der Waals surface area contributed by atoms with Crippen LogP contribution in [0.15, 0.2) is 50.8 Å². The Morgan fingerprint density at radius 1 is 1.00 bits per heavy atom. The minimum atomic E-state index is 0.606. The molecule has 0 aliphatic heterocycles. The molecule has 0 saturated heterocycles. The third-order valence-corrected chi connectivity index (χ3v) is 1.69. The van der Waals surface area contributed by atoms with Gasteiger partial charge in [0.2, 0.25) is 5.89 Å². The largest absolute Gasteiger partial charge is 0.472 e. The summed E-state index contributed by atoms with van der Waals surface area (Å²) in [6, 6.07) is 1.92. The van der Waals surface area contributed by atoms with Crippen molar-refractivity contribution < 1.29 is 13.5 Å². The van der Waals surface area contributed by atoms with Gasteiger partial charge in [0.15, 0.2) is 6.33 Å². The van der Waals surface area contributed by atoms with Crippen LogP contribution in [0, 0.1) is 20.8 Å². The molecule has 0 fully saturated rings. The highest BCUT2D eigenvalue weighted by atomic mass is 16.5. The molecule has 0 aromatic carbocycles. The Labute approximate surface area is 105 Å². The predicted molar refractivity (Wildman–Crippen MR) is 63.7 cm³/mol. The predicted octanol–water partition coefficient (Wildman–Crippen LogP) is 2.95. The van der Waals surface area contributed by atoms with Crippen LogP contribution < -0.4 is 0 Å². The molecule has 0 N–H and O–H groups in total. The molecule has 0 radical (unpaired) electrons. The SMILES string of the molecule is Cc1ccoc1.Cc1cnoc1.Cc1ncno1. The number of aryl methyl sites for hydroxylation is 3. The number of furan rings is 1. The number of hydrogen-bond acceptors (Lipinski definition) is 6. The normalized spacial score (nSPS) is 8.83. The van der Waals surface area contributed by atoms with Crippen LogP contribution in [0.4, 0.5) is 0 Å². The third-order valence-electron chi connectivity index (χ3n) is 1.69. The molecule has 0 bridgehead atoms. The van der Waals surface area contributed by atoms with Gasteiger partial charge in [0.1, 0.15) is 6.26 Å². The van der Waals surface area contributed by atoms with Crippen molar-refractivity contribution >= 4 is 0 Å². The second-order valence-corrected chi connectivity index (χ2v) is 3.46. The van der Waals surface area contributed by atoms with E-state index < -0.39 is 0 Å². The number of nitrogens with zero attached hydrogens (tertiary/aromatic N) is 3. The van der Waals surface area contributed by atoms with Gasteiger partial charge in [-0.1, -0.05) is 10.3 Å². The standard InChI is InChI=1S/C5H6O.C4H5NO.C3H4N2O/c1-5-2-3-6-4-5;1-4-2-5-6-3-4;1-3-4-2-5-6-3/h2-4H,1H3;2-3H,1H3;2H,1H3. The molecule has 0 unspecified atom stereocenters. The van der Waals surface area contributed by atoms with Gasteiger partial charge < -0.3 is 13.5 Å². The number of hydrogen-bond donors (Lipinski definition) is 0. The molecule has 96 valence electrons. The summed E-state index contributed by atoms with van der Waals surface area (Å²) in [5.41, 5.74) is 2.24. The molecule has 0 spiro atoms. The van der Waals surface area contributed by atoms with E-state index in [1.54, 1.807) is 31.9 Å². The molecule has 3 heterocycles. The highest BCUT2D eigenvalue weighted by Gasteiger charge is 1.79. The van der Waals surface area contributed by atoms with E-state index in [1.807, 2.05) is 19.9 Å². The van der Waals surface area contributed by atoms with Crippen molar-refractivity contribution in [3.63, 3.8) is 0 Å². The van der Waals surface area contributed by atoms with Gasteiger partial charge in [-0.25, -0.2) is 0 Å². The average Bonchev–Trinajstić information content (AvgIpc) is 3.05. The first-order valence-corrected chi connectivity index (χ1v) is 5.26. The van der Waals surface area contributed by atoms with E-state index in [-0.39, 0.29) is 0 Å². The zero-order valence-electron chi connectivity index (χ0n) is 10.5. The van der Waals surface area contributed by atoms with E-state index in [9.17, 15) is 0 Å². The Balaban J connectivity index is 0.000000135. The first-order valence-electron chi connectivity index (χ1n) is 5.26. The maximum absolute atomic E-state index is 4.71. The van der Waals surface area contributed by atoms with Crippen molar-refractivity contribution in [1.82, 2.24) is 15.3 Å². The van der Waals surface area contributed by atoms with Gasteiger partial charge in [0, 0.05) is 12.5 Å². The van der Waals surface area contributed by atoms with E-state index >= 15 is 0 Å². The highest BCUT2D eigenvalue weighted by molar-refractivity contribution is 5.00. The Morgan fingerprint density at radius 3 is 2.00 bits per heavy atom. The Hall–Kier alpha value is -2.37. The minimum Gasteiger partial charge on any atom is -0.472 e. The fraction of sp³-hybridized carbons (Fsp3) is 0.250. The molecular weight excluding hydrogens is 234 g/mol. The van der Waals surface area contributed by atoms with Gasteiger partial charge >= 0.3 is 0 Å². The quantitative estimate of drug-likeness (QED) is 0.609. The maximum atomic E-state index is 4.71. The lowest BCUT2D eigenvalue weighted by Crippen LogP contribution is -1.59. The summed E-state index contributed by atoms with van der Waals surface area (Å²) in [5.74, 6) is 0.606. The molecule has 0 saturated carbocycles. The topological polar surface area (TPSA) is 78.1 Å². The van der Waals surface area contributed by atoms with Gasteiger partial charge in [-0.2, -0.15) is 4.98 Å². The minimum absolute atomic E-state index is 0.606. The first kappa shape index (κ1) is 13.7. The smallest absolute Gasteiger partial charge is 0.223 e. The van der Waals surface area contributed by atoms with Crippen molar-refractivity contribution in [1.29, 1.82) is 0 Å². The summed E-state index contributed by atoms with van der Waals surface area (Å²) in [5, 5.41) is 6.78. The highest BCUT2D eigenvalue weighted by Crippen LogP contribution is 1.93. The summed E-state index contributed by atoms with van der Waals surface area (Å²) in [7, 11) is 0. The van der Waals surface area contributed by atoms with Crippen molar-refractivity contribution in [2.24, 2.45) is 0 Å². The molecule has 6 heteroatoms. The molecule has 0 aliphatic rings. The molecule has 3 rings (SSSR count). The van der Waals surface area contributed by atoms with Crippen LogP contribution in [0.5, 0.6) is 0 Å². The lowest BCUT2D eigenvalue weighted by Gasteiger charge is -1.63. The Morgan fingerprint density at radius 2 is 1.83 bits per heavy atom. The molecule has 3 aromatic rings. The number of aromatic nitrogens is 3. The van der Waals surface area contributed by atoms with E-state index in [0.717, 1.165) is 5.56 Å². The van der Waals surface area contributed by atoms with Gasteiger partial charge in [-0.05, 0) is 25.5 Å². The molecule has 3 aromatic heterocycles. The second kappa shape index (κ2) is 7.83. The monoisotopic (exact) mass is 249 g/mol. The van der Waals surface area contributed by atoms with Crippen LogP contribution >= 0.6 is 0 Å². The van der Waals surface area contributed by atoms with E-state index in [0.29, 0.717) is 5.89 Å². The van der Waals surface area contributed by atoms with Crippen molar-refractivity contribution in [2.75, 3.05) is 0 Å². The Bertz CT molecular complexity index is 410. The Kier molecular flexibility index (Phi) is 5.96. The van der Waals surface area contributed by atoms with Crippen LogP contribution in [-0.4, -0.2) is 15.3 Å². The first-order chi connectivity index (χ1) is 8.68. The molecule has 6 nitrogen and oxygen atoms in total. The lowest BCUT2D eigenvalue weighted by molar-refractivity contribution is 0.392. The summed E-state index contributed by atoms with van der Waals surface area (Å²) >= 11 is 0. The maximum Gasteiger partial charge on any atom is 0.223 e. The summed E-state index contributed by atoms with van der Waals surface area (Å²) in [4.78, 5) is 3.64. The molecule has 0 amide bonds. The molecule has 0 aliphatic carbocycles. The van der Waals surface area contributed by atoms with Gasteiger partial charge in [0.05, 0.1) is 18.7 Å². The zero-order chi connectivity index (χ0) is 13.2. The fourth-order valence-electron chi connectivity index (χ4n) is 0.818. The lowest BCUT2D eigenvalue weighted by atomic mass is 10.4. The van der Waals surface area contributed by atoms with Crippen molar-refractivity contribution in [2.45, 2.75) is 20.8 Å². The van der Waals surface area contributed by atoms with E-state index in [2.05, 4.69) is 24.3 Å². The summed E-state index contributed by atoms with van der Waals surface area (Å²) < 4.78 is 13.7. The van der Waals surface area contributed by atoms with Crippen molar-refractivity contribution in [3.8, 4) is 0 Å². The molecular formula is C12H15N3O3. The van der Waals surface area contributed by atoms with E-state index in [4.69, 9.17) is 4.42 Å². The van der Waals surface area contributed by atoms with Crippen molar-refractivity contribution in [3.05, 3.63) is 54.4 Å². The summed E-state index contributed by atoms with van der Waals surface area (Å²) in [6.45, 7) is 5.66. The molecule has 0 atom stereocenters. The summed E-state index contributed by atoms with van der Waals surface area (Å²) in [6.07, 6.45) is 8.00. The van der Waals surface area contributed by atoms with Gasteiger partial charge in [-0.3, -0.25) is 0 Å². The van der Waals surface area contributed by atoms with Crippen LogP contribution in [-0.2, 0) is 0 Å². The van der Waals surface area contributed by atoms with Crippen LogP contribution in [0.1, 0.15) is 17.0 Å². The van der Waals surface area contributed by atoms with Gasteiger partial charge in [-0.15, -0.1) is 0 Å². The van der Waals surface area contributed by atoms with Gasteiger partial charge in [0.25, 0.3) is 0 Å². The second-order valence-electron chi connectivity index (χ2n) is 3.46. The zero-order valence-corrected chi connectivity index (χ0v) is 10.5. The van der Waals surface area contributed by atoms with E-state index in [1.165, 1.54) is 11.9 Å². The van der Waals surface area contributed by atoms with Crippen LogP contribution in [0.25, 0.3) is 0 Å². The number of rotatable bonds is 0. The van der Waals surface area contributed by atoms with Crippen LogP contribution in [0.2, 0.25) is 0 Å². The van der Waals surface area contributed by atoms with Crippen LogP contribution in [0.3, 0.4) is 0 Å².